The molecule has 3 aromatic rings. The summed E-state index contributed by atoms with van der Waals surface area (Å²) in [5.41, 5.74) is 7.13. The minimum Gasteiger partial charge on any atom is -0.459 e. The van der Waals surface area contributed by atoms with Gasteiger partial charge in [-0.15, -0.1) is 0 Å². The van der Waals surface area contributed by atoms with Gasteiger partial charge in [0.1, 0.15) is 18.5 Å². The molecule has 0 unspecified atom stereocenters. The van der Waals surface area contributed by atoms with Crippen LogP contribution in [0.25, 0.3) is 11.2 Å². The molecule has 0 bridgehead atoms. The molecule has 11 nitrogen and oxygen atoms in total. The van der Waals surface area contributed by atoms with E-state index < -0.39 is 10.9 Å². The standard InChI is InChI=1S/C17H16N6O5/c18-15-14-16(20-8-19-15)22(9-21-14)12-5-13(27-6-12)7-28-17(24)10-1-3-11(4-2-10)23(25)26/h1-4,8-9,12-13H,5-7H2,(H2,18,19,20)/t12-,13-/m0/s1. The quantitative estimate of drug-likeness (QED) is 0.392. The van der Waals surface area contributed by atoms with Gasteiger partial charge >= 0.3 is 5.97 Å². The number of carbonyl (C=O) groups is 1. The minimum atomic E-state index is -0.560. The number of rotatable bonds is 5. The number of benzene rings is 1. The topological polar surface area (TPSA) is 148 Å². The summed E-state index contributed by atoms with van der Waals surface area (Å²) in [6, 6.07) is 5.23. The van der Waals surface area contributed by atoms with Gasteiger partial charge < -0.3 is 19.8 Å². The molecule has 0 aliphatic carbocycles. The number of nitrogens with two attached hydrogens (primary N) is 1. The maximum atomic E-state index is 12.1. The third-order valence-corrected chi connectivity index (χ3v) is 4.55. The molecular weight excluding hydrogens is 368 g/mol. The molecule has 1 aliphatic heterocycles. The summed E-state index contributed by atoms with van der Waals surface area (Å²) in [6.07, 6.45) is 3.37. The van der Waals surface area contributed by atoms with E-state index >= 15 is 0 Å². The summed E-state index contributed by atoms with van der Waals surface area (Å²) < 4.78 is 12.9. The van der Waals surface area contributed by atoms with E-state index in [1.807, 2.05) is 4.57 Å². The second-order valence-electron chi connectivity index (χ2n) is 6.33. The molecule has 3 heterocycles. The number of non-ortho nitro benzene ring substituents is 1. The zero-order valence-corrected chi connectivity index (χ0v) is 14.6. The second-order valence-corrected chi connectivity index (χ2v) is 6.33. The number of anilines is 1. The van der Waals surface area contributed by atoms with E-state index in [0.717, 1.165) is 0 Å². The summed E-state index contributed by atoms with van der Waals surface area (Å²) in [5.74, 6) is -0.244. The number of aromatic nitrogens is 4. The number of fused-ring (bicyclic) bond motifs is 1. The summed E-state index contributed by atoms with van der Waals surface area (Å²) in [7, 11) is 0. The first kappa shape index (κ1) is 17.8. The van der Waals surface area contributed by atoms with Crippen molar-refractivity contribution in [3.63, 3.8) is 0 Å². The van der Waals surface area contributed by atoms with Crippen LogP contribution in [0.5, 0.6) is 0 Å². The summed E-state index contributed by atoms with van der Waals surface area (Å²) in [4.78, 5) is 34.6. The average molecular weight is 384 g/mol. The van der Waals surface area contributed by atoms with Gasteiger partial charge in [-0.25, -0.2) is 19.7 Å². The third kappa shape index (κ3) is 3.34. The van der Waals surface area contributed by atoms with Crippen molar-refractivity contribution in [1.82, 2.24) is 19.5 Å². The van der Waals surface area contributed by atoms with Crippen LogP contribution in [0.3, 0.4) is 0 Å². The van der Waals surface area contributed by atoms with Gasteiger partial charge in [-0.3, -0.25) is 10.1 Å². The molecule has 1 aliphatic rings. The Morgan fingerprint density at radius 3 is 2.86 bits per heavy atom. The predicted octanol–water partition coefficient (Wildman–Crippen LogP) is 1.50. The van der Waals surface area contributed by atoms with Crippen LogP contribution >= 0.6 is 0 Å². The molecule has 1 fully saturated rings. The summed E-state index contributed by atoms with van der Waals surface area (Å²) >= 11 is 0. The highest BCUT2D eigenvalue weighted by atomic mass is 16.6. The Morgan fingerprint density at radius 2 is 2.11 bits per heavy atom. The number of nitro groups is 1. The fourth-order valence-corrected chi connectivity index (χ4v) is 3.11. The minimum absolute atomic E-state index is 0.0117. The number of esters is 1. The van der Waals surface area contributed by atoms with Gasteiger partial charge in [0.2, 0.25) is 0 Å². The van der Waals surface area contributed by atoms with Crippen LogP contribution < -0.4 is 5.73 Å². The second kappa shape index (κ2) is 7.19. The third-order valence-electron chi connectivity index (χ3n) is 4.55. The van der Waals surface area contributed by atoms with Gasteiger partial charge in [-0.1, -0.05) is 0 Å². The van der Waals surface area contributed by atoms with Gasteiger partial charge in [0.15, 0.2) is 11.5 Å². The molecule has 2 aromatic heterocycles. The summed E-state index contributed by atoms with van der Waals surface area (Å²) in [6.45, 7) is 0.505. The van der Waals surface area contributed by atoms with Crippen molar-refractivity contribution < 1.29 is 19.2 Å². The molecule has 28 heavy (non-hydrogen) atoms. The van der Waals surface area contributed by atoms with Crippen molar-refractivity contribution in [2.24, 2.45) is 0 Å². The number of hydrogen-bond donors (Lipinski definition) is 1. The Balaban J connectivity index is 1.36. The number of nitro benzene ring substituents is 1. The fraction of sp³-hybridized carbons (Fsp3) is 0.294. The molecule has 0 saturated carbocycles. The van der Waals surface area contributed by atoms with Crippen LogP contribution in [-0.2, 0) is 9.47 Å². The first-order valence-corrected chi connectivity index (χ1v) is 8.49. The van der Waals surface area contributed by atoms with Gasteiger partial charge in [0.25, 0.3) is 5.69 Å². The van der Waals surface area contributed by atoms with E-state index in [0.29, 0.717) is 30.0 Å². The lowest BCUT2D eigenvalue weighted by atomic mass is 10.2. The van der Waals surface area contributed by atoms with Crippen molar-refractivity contribution in [2.75, 3.05) is 18.9 Å². The Hall–Kier alpha value is -3.60. The Kier molecular flexibility index (Phi) is 4.57. The Labute approximate surface area is 158 Å². The number of nitrogens with zero attached hydrogens (tertiary/aromatic N) is 5. The molecule has 2 atom stereocenters. The molecule has 1 saturated heterocycles. The largest absolute Gasteiger partial charge is 0.459 e. The highest BCUT2D eigenvalue weighted by Gasteiger charge is 2.29. The number of nitrogen functional groups attached to an aromatic ring is 1. The van der Waals surface area contributed by atoms with Gasteiger partial charge in [0.05, 0.1) is 35.6 Å². The van der Waals surface area contributed by atoms with Crippen molar-refractivity contribution in [1.29, 1.82) is 0 Å². The van der Waals surface area contributed by atoms with Crippen LogP contribution in [0.1, 0.15) is 22.8 Å². The van der Waals surface area contributed by atoms with Gasteiger partial charge in [0, 0.05) is 12.1 Å². The number of ether oxygens (including phenoxy) is 2. The molecule has 0 radical (unpaired) electrons. The molecule has 2 N–H and O–H groups in total. The van der Waals surface area contributed by atoms with E-state index in [9.17, 15) is 14.9 Å². The normalized spacial score (nSPS) is 19.0. The first-order chi connectivity index (χ1) is 13.5. The average Bonchev–Trinajstić information content (AvgIpc) is 3.33. The molecule has 0 spiro atoms. The molecule has 11 heteroatoms. The lowest BCUT2D eigenvalue weighted by Gasteiger charge is -2.11. The Bertz CT molecular complexity index is 1030. The van der Waals surface area contributed by atoms with Crippen molar-refractivity contribution >= 4 is 28.6 Å². The molecule has 144 valence electrons. The zero-order valence-electron chi connectivity index (χ0n) is 14.6. The zero-order chi connectivity index (χ0) is 19.7. The lowest BCUT2D eigenvalue weighted by molar-refractivity contribution is -0.384. The van der Waals surface area contributed by atoms with Crippen LogP contribution in [0.4, 0.5) is 11.5 Å². The van der Waals surface area contributed by atoms with E-state index in [4.69, 9.17) is 15.2 Å². The van der Waals surface area contributed by atoms with E-state index in [1.165, 1.54) is 30.6 Å². The van der Waals surface area contributed by atoms with Crippen molar-refractivity contribution in [3.8, 4) is 0 Å². The predicted molar refractivity (Wildman–Crippen MR) is 96.5 cm³/mol. The van der Waals surface area contributed by atoms with E-state index in [1.54, 1.807) is 6.33 Å². The molecular formula is C17H16N6O5. The van der Waals surface area contributed by atoms with Crippen LogP contribution in [0, 0.1) is 10.1 Å². The smallest absolute Gasteiger partial charge is 0.338 e. The maximum absolute atomic E-state index is 12.1. The highest BCUT2D eigenvalue weighted by Crippen LogP contribution is 2.28. The maximum Gasteiger partial charge on any atom is 0.338 e. The monoisotopic (exact) mass is 384 g/mol. The van der Waals surface area contributed by atoms with Gasteiger partial charge in [-0.05, 0) is 18.6 Å². The van der Waals surface area contributed by atoms with E-state index in [2.05, 4.69) is 15.0 Å². The first-order valence-electron chi connectivity index (χ1n) is 8.49. The molecule has 4 rings (SSSR count). The van der Waals surface area contributed by atoms with E-state index in [-0.39, 0.29) is 30.0 Å². The van der Waals surface area contributed by atoms with Gasteiger partial charge in [-0.2, -0.15) is 0 Å². The van der Waals surface area contributed by atoms with Crippen molar-refractivity contribution in [2.45, 2.75) is 18.6 Å². The number of carbonyl (C=O) groups excluding carboxylic acids is 1. The number of hydrogen-bond acceptors (Lipinski definition) is 9. The van der Waals surface area contributed by atoms with Crippen molar-refractivity contribution in [3.05, 3.63) is 52.6 Å². The number of imidazole rings is 1. The van der Waals surface area contributed by atoms with Crippen LogP contribution in [0.15, 0.2) is 36.9 Å². The highest BCUT2D eigenvalue weighted by molar-refractivity contribution is 5.89. The molecule has 0 amide bonds. The molecule has 1 aromatic carbocycles. The fourth-order valence-electron chi connectivity index (χ4n) is 3.11. The Morgan fingerprint density at radius 1 is 1.32 bits per heavy atom. The van der Waals surface area contributed by atoms with Crippen LogP contribution in [-0.4, -0.2) is 49.7 Å². The SMILES string of the molecule is Nc1ncnc2c1ncn2[C@@H]1CO[C@H](COC(=O)c2ccc([N+](=O)[O-])cc2)C1. The summed E-state index contributed by atoms with van der Waals surface area (Å²) in [5, 5.41) is 10.7. The van der Waals surface area contributed by atoms with Crippen LogP contribution in [0.2, 0.25) is 0 Å². The lowest BCUT2D eigenvalue weighted by Crippen LogP contribution is -2.18.